The zero-order chi connectivity index (χ0) is 18.1. The van der Waals surface area contributed by atoms with Crippen LogP contribution in [-0.4, -0.2) is 47.4 Å². The van der Waals surface area contributed by atoms with Crippen molar-refractivity contribution < 1.29 is 8.42 Å². The number of nitrogens with zero attached hydrogens (tertiary/aromatic N) is 3. The van der Waals surface area contributed by atoms with Crippen LogP contribution in [0.25, 0.3) is 11.1 Å². The topological polar surface area (TPSA) is 81.2 Å². The standard InChI is InChI=1S/C19H26N4O2S/c20-10-7-15-1-3-16(4-2-15)17-13-21-23(14-17)18-8-11-22(12-9-18)26(24,25)19-5-6-19/h1-4,13-14,18-19H,5-12,20H2. The molecule has 7 heteroatoms. The maximum absolute atomic E-state index is 12.3. The van der Waals surface area contributed by atoms with Crippen molar-refractivity contribution in [1.82, 2.24) is 14.1 Å². The van der Waals surface area contributed by atoms with Gasteiger partial charge in [0.2, 0.25) is 10.0 Å². The van der Waals surface area contributed by atoms with E-state index in [4.69, 9.17) is 5.73 Å². The number of rotatable bonds is 6. The highest BCUT2D eigenvalue weighted by atomic mass is 32.2. The summed E-state index contributed by atoms with van der Waals surface area (Å²) in [5.74, 6) is 0. The molecule has 1 aromatic carbocycles. The first-order valence-corrected chi connectivity index (χ1v) is 10.9. The maximum atomic E-state index is 12.3. The van der Waals surface area contributed by atoms with Crippen LogP contribution in [0.3, 0.4) is 0 Å². The van der Waals surface area contributed by atoms with Crippen LogP contribution < -0.4 is 5.73 Å². The zero-order valence-electron chi connectivity index (χ0n) is 14.9. The quantitative estimate of drug-likeness (QED) is 0.840. The van der Waals surface area contributed by atoms with Gasteiger partial charge < -0.3 is 5.73 Å². The van der Waals surface area contributed by atoms with Crippen LogP contribution in [0.5, 0.6) is 0 Å². The monoisotopic (exact) mass is 374 g/mol. The minimum atomic E-state index is -3.05. The molecule has 2 aliphatic rings. The van der Waals surface area contributed by atoms with Gasteiger partial charge in [-0.15, -0.1) is 0 Å². The van der Waals surface area contributed by atoms with Gasteiger partial charge in [-0.25, -0.2) is 12.7 Å². The van der Waals surface area contributed by atoms with Crippen LogP contribution in [0.2, 0.25) is 0 Å². The summed E-state index contributed by atoms with van der Waals surface area (Å²) in [6.07, 6.45) is 8.16. The summed E-state index contributed by atoms with van der Waals surface area (Å²) >= 11 is 0. The second-order valence-electron chi connectivity index (χ2n) is 7.32. The van der Waals surface area contributed by atoms with E-state index in [1.807, 2.05) is 10.9 Å². The molecule has 1 aromatic heterocycles. The summed E-state index contributed by atoms with van der Waals surface area (Å²) in [4.78, 5) is 0. The Balaban J connectivity index is 1.41. The van der Waals surface area contributed by atoms with Crippen molar-refractivity contribution in [2.45, 2.75) is 43.4 Å². The molecule has 2 N–H and O–H groups in total. The molecule has 1 aliphatic heterocycles. The fourth-order valence-electron chi connectivity index (χ4n) is 3.66. The highest BCUT2D eigenvalue weighted by Crippen LogP contribution is 2.34. The van der Waals surface area contributed by atoms with E-state index >= 15 is 0 Å². The van der Waals surface area contributed by atoms with Gasteiger partial charge >= 0.3 is 0 Å². The van der Waals surface area contributed by atoms with Gasteiger partial charge in [-0.05, 0) is 49.8 Å². The van der Waals surface area contributed by atoms with Crippen molar-refractivity contribution in [2.75, 3.05) is 19.6 Å². The molecule has 2 aromatic rings. The number of nitrogens with two attached hydrogens (primary N) is 1. The Morgan fingerprint density at radius 3 is 2.35 bits per heavy atom. The number of hydrogen-bond acceptors (Lipinski definition) is 4. The lowest BCUT2D eigenvalue weighted by Crippen LogP contribution is -2.40. The Bertz CT molecular complexity index is 848. The third kappa shape index (κ3) is 3.56. The maximum Gasteiger partial charge on any atom is 0.216 e. The Hall–Kier alpha value is -1.70. The van der Waals surface area contributed by atoms with Crippen LogP contribution in [0.1, 0.15) is 37.3 Å². The molecule has 0 bridgehead atoms. The summed E-state index contributed by atoms with van der Waals surface area (Å²) in [5, 5.41) is 4.43. The van der Waals surface area contributed by atoms with Gasteiger partial charge in [0.05, 0.1) is 17.5 Å². The Labute approximate surface area is 155 Å². The van der Waals surface area contributed by atoms with E-state index in [0.717, 1.165) is 43.2 Å². The fraction of sp³-hybridized carbons (Fsp3) is 0.526. The molecule has 0 spiro atoms. The van der Waals surface area contributed by atoms with Crippen LogP contribution >= 0.6 is 0 Å². The Morgan fingerprint density at radius 1 is 1.04 bits per heavy atom. The molecule has 6 nitrogen and oxygen atoms in total. The minimum Gasteiger partial charge on any atom is -0.330 e. The third-order valence-electron chi connectivity index (χ3n) is 5.42. The fourth-order valence-corrected chi connectivity index (χ4v) is 5.53. The van der Waals surface area contributed by atoms with E-state index in [1.165, 1.54) is 5.56 Å². The van der Waals surface area contributed by atoms with E-state index < -0.39 is 10.0 Å². The Kier molecular flexibility index (Phi) is 4.86. The highest BCUT2D eigenvalue weighted by Gasteiger charge is 2.41. The first kappa shape index (κ1) is 17.7. The summed E-state index contributed by atoms with van der Waals surface area (Å²) in [6.45, 7) is 1.87. The van der Waals surface area contributed by atoms with Crippen molar-refractivity contribution in [3.63, 3.8) is 0 Å². The minimum absolute atomic E-state index is 0.113. The number of benzene rings is 1. The van der Waals surface area contributed by atoms with Gasteiger partial charge in [0.25, 0.3) is 0 Å². The predicted octanol–water partition coefficient (Wildman–Crippen LogP) is 2.18. The molecular formula is C19H26N4O2S. The first-order valence-electron chi connectivity index (χ1n) is 9.40. The van der Waals surface area contributed by atoms with Gasteiger partial charge in [0.1, 0.15) is 0 Å². The predicted molar refractivity (Wildman–Crippen MR) is 102 cm³/mol. The lowest BCUT2D eigenvalue weighted by atomic mass is 10.1. The molecule has 0 radical (unpaired) electrons. The van der Waals surface area contributed by atoms with Gasteiger partial charge in [0.15, 0.2) is 0 Å². The molecule has 2 fully saturated rings. The van der Waals surface area contributed by atoms with E-state index in [-0.39, 0.29) is 11.3 Å². The molecule has 1 aliphatic carbocycles. The SMILES string of the molecule is NCCc1ccc(-c2cnn(C3CCN(S(=O)(=O)C4CC4)CC3)c2)cc1. The van der Waals surface area contributed by atoms with E-state index in [2.05, 4.69) is 35.6 Å². The molecule has 26 heavy (non-hydrogen) atoms. The second kappa shape index (κ2) is 7.13. The van der Waals surface area contributed by atoms with Gasteiger partial charge in [-0.1, -0.05) is 24.3 Å². The van der Waals surface area contributed by atoms with Crippen LogP contribution in [0.15, 0.2) is 36.7 Å². The largest absolute Gasteiger partial charge is 0.330 e. The highest BCUT2D eigenvalue weighted by molar-refractivity contribution is 7.90. The molecule has 140 valence electrons. The smallest absolute Gasteiger partial charge is 0.216 e. The van der Waals surface area contributed by atoms with Crippen molar-refractivity contribution in [1.29, 1.82) is 0 Å². The zero-order valence-corrected chi connectivity index (χ0v) is 15.7. The van der Waals surface area contributed by atoms with E-state index in [1.54, 1.807) is 4.31 Å². The van der Waals surface area contributed by atoms with Crippen LogP contribution in [0.4, 0.5) is 0 Å². The molecule has 2 heterocycles. The normalized spacial score (nSPS) is 19.7. The lowest BCUT2D eigenvalue weighted by molar-refractivity contribution is 0.261. The van der Waals surface area contributed by atoms with Crippen molar-refractivity contribution in [3.8, 4) is 11.1 Å². The molecule has 0 atom stereocenters. The molecule has 4 rings (SSSR count). The molecule has 1 saturated carbocycles. The van der Waals surface area contributed by atoms with E-state index in [0.29, 0.717) is 19.6 Å². The van der Waals surface area contributed by atoms with Crippen molar-refractivity contribution >= 4 is 10.0 Å². The number of hydrogen-bond donors (Lipinski definition) is 1. The van der Waals surface area contributed by atoms with E-state index in [9.17, 15) is 8.42 Å². The summed E-state index contributed by atoms with van der Waals surface area (Å²) in [7, 11) is -3.05. The van der Waals surface area contributed by atoms with Gasteiger partial charge in [-0.3, -0.25) is 4.68 Å². The molecule has 0 unspecified atom stereocenters. The molecular weight excluding hydrogens is 348 g/mol. The number of piperidine rings is 1. The summed E-state index contributed by atoms with van der Waals surface area (Å²) in [5.41, 5.74) is 9.08. The van der Waals surface area contributed by atoms with Gasteiger partial charge in [0, 0.05) is 24.8 Å². The number of sulfonamides is 1. The molecule has 1 saturated heterocycles. The van der Waals surface area contributed by atoms with Gasteiger partial charge in [-0.2, -0.15) is 5.10 Å². The summed E-state index contributed by atoms with van der Waals surface area (Å²) in [6, 6.07) is 8.71. The average Bonchev–Trinajstić information content (AvgIpc) is 3.41. The Morgan fingerprint density at radius 2 is 1.73 bits per heavy atom. The first-order chi connectivity index (χ1) is 12.6. The van der Waals surface area contributed by atoms with Crippen LogP contribution in [0, 0.1) is 0 Å². The molecule has 0 amide bonds. The van der Waals surface area contributed by atoms with Crippen molar-refractivity contribution in [3.05, 3.63) is 42.2 Å². The van der Waals surface area contributed by atoms with Crippen LogP contribution in [-0.2, 0) is 16.4 Å². The summed E-state index contributed by atoms with van der Waals surface area (Å²) < 4.78 is 28.4. The third-order valence-corrected chi connectivity index (χ3v) is 7.82. The van der Waals surface area contributed by atoms with Crippen molar-refractivity contribution in [2.24, 2.45) is 5.73 Å². The number of aromatic nitrogens is 2. The lowest BCUT2D eigenvalue weighted by Gasteiger charge is -2.31. The second-order valence-corrected chi connectivity index (χ2v) is 9.53. The average molecular weight is 375 g/mol.